The third kappa shape index (κ3) is 4.63. The molecular weight excluding hydrogens is 467 g/mol. The number of thiol groups is 1. The molecule has 2 aromatic rings. The quantitative estimate of drug-likeness (QED) is 0.489. The number of hydrogen-bond donors (Lipinski definition) is 3. The predicted octanol–water partition coefficient (Wildman–Crippen LogP) is 5.14. The summed E-state index contributed by atoms with van der Waals surface area (Å²) in [6, 6.07) is 11.6. The highest BCUT2D eigenvalue weighted by Crippen LogP contribution is 2.63. The van der Waals surface area contributed by atoms with Gasteiger partial charge in [0.2, 0.25) is 5.91 Å². The van der Waals surface area contributed by atoms with Crippen molar-refractivity contribution in [2.75, 3.05) is 13.2 Å². The first kappa shape index (κ1) is 24.1. The average molecular weight is 492 g/mol. The Morgan fingerprint density at radius 1 is 1.12 bits per heavy atom. The summed E-state index contributed by atoms with van der Waals surface area (Å²) < 4.78 is 44.7. The summed E-state index contributed by atoms with van der Waals surface area (Å²) in [5.74, 6) is -1.56. The van der Waals surface area contributed by atoms with Crippen molar-refractivity contribution in [2.24, 2.45) is 5.73 Å². The number of aromatic carboxylic acids is 1. The molecule has 4 rings (SSSR count). The molecule has 5 nitrogen and oxygen atoms in total. The number of amides is 1. The number of carbonyl (C=O) groups excluding carboxylic acids is 1. The molecule has 2 heterocycles. The molecule has 0 bridgehead atoms. The molecule has 0 spiro atoms. The molecule has 1 amide bonds. The lowest BCUT2D eigenvalue weighted by atomic mass is 9.98. The maximum atomic E-state index is 13.0. The van der Waals surface area contributed by atoms with E-state index < -0.39 is 34.5 Å². The van der Waals surface area contributed by atoms with Crippen LogP contribution in [0.3, 0.4) is 0 Å². The highest BCUT2D eigenvalue weighted by Gasteiger charge is 2.38. The normalized spacial score (nSPS) is 20.3. The van der Waals surface area contributed by atoms with E-state index in [2.05, 4.69) is 0 Å². The maximum Gasteiger partial charge on any atom is 0.416 e. The van der Waals surface area contributed by atoms with Gasteiger partial charge in [-0.3, -0.25) is 4.79 Å². The maximum absolute atomic E-state index is 13.0. The molecule has 34 heavy (non-hydrogen) atoms. The first-order chi connectivity index (χ1) is 16.1. The van der Waals surface area contributed by atoms with Gasteiger partial charge in [0.1, 0.15) is 0 Å². The second kappa shape index (κ2) is 9.31. The van der Waals surface area contributed by atoms with Crippen LogP contribution in [0.2, 0.25) is 0 Å². The zero-order chi connectivity index (χ0) is 24.6. The number of ether oxygens (including phenoxy) is 1. The molecule has 2 atom stereocenters. The Morgan fingerprint density at radius 3 is 2.32 bits per heavy atom. The van der Waals surface area contributed by atoms with Crippen LogP contribution in [-0.4, -0.2) is 30.2 Å². The van der Waals surface area contributed by atoms with Crippen LogP contribution in [0.4, 0.5) is 13.2 Å². The number of rotatable bonds is 6. The van der Waals surface area contributed by atoms with Crippen molar-refractivity contribution in [1.82, 2.24) is 0 Å². The standard InChI is InChI=1S/C25H24F3NO4S/c1-14(16-4-6-17(7-5-16)24(31)32)34-20(12-15-2-8-18(9-3-15)25(26,27)28)22(23(29)30)19-10-11-33-13-21(19)34/h2-9,14,34H,10-13H2,1H3,(H2,29,30)(H,31,32)/t14-/m0/s1. The number of halogens is 3. The zero-order valence-corrected chi connectivity index (χ0v) is 19.2. The first-order valence-electron chi connectivity index (χ1n) is 10.7. The predicted molar refractivity (Wildman–Crippen MR) is 125 cm³/mol. The van der Waals surface area contributed by atoms with Gasteiger partial charge in [0.05, 0.1) is 29.9 Å². The van der Waals surface area contributed by atoms with Crippen LogP contribution in [-0.2, 0) is 22.1 Å². The lowest BCUT2D eigenvalue weighted by Gasteiger charge is -2.32. The van der Waals surface area contributed by atoms with Gasteiger partial charge >= 0.3 is 12.1 Å². The average Bonchev–Trinajstić information content (AvgIpc) is 3.12. The van der Waals surface area contributed by atoms with Crippen LogP contribution >= 0.6 is 10.9 Å². The second-order valence-corrected chi connectivity index (χ2v) is 10.9. The fraction of sp³-hybridized carbons (Fsp3) is 0.280. The van der Waals surface area contributed by atoms with Gasteiger partial charge < -0.3 is 15.6 Å². The number of allylic oxidation sites excluding steroid dienone is 1. The van der Waals surface area contributed by atoms with Gasteiger partial charge in [-0.2, -0.15) is 24.1 Å². The molecule has 0 aliphatic carbocycles. The number of carbonyl (C=O) groups is 2. The van der Waals surface area contributed by atoms with Gasteiger partial charge in [0.15, 0.2) is 0 Å². The highest BCUT2D eigenvalue weighted by atomic mass is 32.2. The van der Waals surface area contributed by atoms with Gasteiger partial charge in [0, 0.05) is 11.7 Å². The molecule has 2 aliphatic heterocycles. The van der Waals surface area contributed by atoms with Gasteiger partial charge in [-0.15, -0.1) is 0 Å². The van der Waals surface area contributed by atoms with E-state index in [1.165, 1.54) is 12.1 Å². The molecule has 0 fully saturated rings. The van der Waals surface area contributed by atoms with Crippen molar-refractivity contribution in [3.63, 3.8) is 0 Å². The van der Waals surface area contributed by atoms with E-state index in [1.807, 2.05) is 6.92 Å². The van der Waals surface area contributed by atoms with Crippen molar-refractivity contribution < 1.29 is 32.6 Å². The Morgan fingerprint density at radius 2 is 1.76 bits per heavy atom. The molecule has 0 saturated carbocycles. The summed E-state index contributed by atoms with van der Waals surface area (Å²) in [5.41, 5.74) is 8.18. The van der Waals surface area contributed by atoms with Crippen molar-refractivity contribution in [2.45, 2.75) is 31.2 Å². The monoisotopic (exact) mass is 491 g/mol. The van der Waals surface area contributed by atoms with Crippen LogP contribution in [0.5, 0.6) is 0 Å². The molecule has 9 heteroatoms. The fourth-order valence-electron chi connectivity index (χ4n) is 4.51. The number of benzene rings is 2. The van der Waals surface area contributed by atoms with Crippen molar-refractivity contribution in [3.05, 3.63) is 91.7 Å². The Bertz CT molecular complexity index is 1180. The van der Waals surface area contributed by atoms with Gasteiger partial charge in [0.25, 0.3) is 0 Å². The summed E-state index contributed by atoms with van der Waals surface area (Å²) >= 11 is 0. The largest absolute Gasteiger partial charge is 0.478 e. The van der Waals surface area contributed by atoms with Crippen LogP contribution in [0.1, 0.15) is 45.6 Å². The van der Waals surface area contributed by atoms with E-state index in [9.17, 15) is 27.9 Å². The Hall–Kier alpha value is -3.04. The summed E-state index contributed by atoms with van der Waals surface area (Å²) in [4.78, 5) is 25.6. The van der Waals surface area contributed by atoms with Gasteiger partial charge in [-0.25, -0.2) is 4.79 Å². The number of carboxylic acids is 1. The third-order valence-electron chi connectivity index (χ3n) is 6.18. The first-order valence-corrected chi connectivity index (χ1v) is 12.1. The topological polar surface area (TPSA) is 89.6 Å². The Kier molecular flexibility index (Phi) is 6.60. The summed E-state index contributed by atoms with van der Waals surface area (Å²) in [7, 11) is -1.09. The molecule has 0 radical (unpaired) electrons. The minimum absolute atomic E-state index is 0.0779. The smallest absolute Gasteiger partial charge is 0.416 e. The molecule has 180 valence electrons. The molecule has 3 N–H and O–H groups in total. The van der Waals surface area contributed by atoms with Crippen LogP contribution in [0.15, 0.2) is 69.5 Å². The molecule has 0 saturated heterocycles. The summed E-state index contributed by atoms with van der Waals surface area (Å²) in [5, 5.41) is 9.12. The minimum Gasteiger partial charge on any atom is -0.478 e. The van der Waals surface area contributed by atoms with E-state index in [0.717, 1.165) is 33.1 Å². The summed E-state index contributed by atoms with van der Waals surface area (Å²) in [6.07, 6.45) is -3.58. The van der Waals surface area contributed by atoms with E-state index in [-0.39, 0.29) is 10.8 Å². The minimum atomic E-state index is -4.43. The van der Waals surface area contributed by atoms with Crippen molar-refractivity contribution >= 4 is 22.8 Å². The molecule has 1 unspecified atom stereocenters. The van der Waals surface area contributed by atoms with Crippen molar-refractivity contribution in [1.29, 1.82) is 0 Å². The number of hydrogen-bond acceptors (Lipinski definition) is 3. The van der Waals surface area contributed by atoms with E-state index >= 15 is 0 Å². The molecule has 2 aliphatic rings. The Balaban J connectivity index is 1.75. The van der Waals surface area contributed by atoms with E-state index in [1.54, 1.807) is 24.3 Å². The SMILES string of the molecule is C[C@@H](c1ccc(C(=O)O)cc1)[SH]1C2=C(CCOC2)C(C(N)=O)=C1Cc1ccc(C(F)(F)F)cc1. The highest BCUT2D eigenvalue weighted by molar-refractivity contribution is 8.24. The van der Waals surface area contributed by atoms with E-state index in [4.69, 9.17) is 10.5 Å². The lowest BCUT2D eigenvalue weighted by Crippen LogP contribution is -2.18. The van der Waals surface area contributed by atoms with Gasteiger partial charge in [-0.05, 0) is 57.2 Å². The second-order valence-electron chi connectivity index (χ2n) is 8.26. The third-order valence-corrected chi connectivity index (χ3v) is 9.20. The number of alkyl halides is 3. The molecule has 2 aromatic carbocycles. The number of carboxylic acid groups (broad SMARTS) is 1. The molecular formula is C25H24F3NO4S. The lowest BCUT2D eigenvalue weighted by molar-refractivity contribution is -0.137. The van der Waals surface area contributed by atoms with Gasteiger partial charge in [-0.1, -0.05) is 31.2 Å². The Labute approximate surface area is 197 Å². The van der Waals surface area contributed by atoms with Crippen LogP contribution in [0, 0.1) is 0 Å². The van der Waals surface area contributed by atoms with Crippen molar-refractivity contribution in [3.8, 4) is 0 Å². The van der Waals surface area contributed by atoms with E-state index in [0.29, 0.717) is 37.2 Å². The molecule has 0 aromatic heterocycles. The number of primary amides is 1. The van der Waals surface area contributed by atoms with Crippen LogP contribution < -0.4 is 5.73 Å². The number of nitrogens with two attached hydrogens (primary N) is 1. The zero-order valence-electron chi connectivity index (χ0n) is 18.4. The fourth-order valence-corrected chi connectivity index (χ4v) is 7.82. The van der Waals surface area contributed by atoms with Crippen LogP contribution in [0.25, 0.3) is 0 Å². The summed E-state index contributed by atoms with van der Waals surface area (Å²) in [6.45, 7) is 2.84.